The van der Waals surface area contributed by atoms with Gasteiger partial charge in [0.2, 0.25) is 0 Å². The van der Waals surface area contributed by atoms with Crippen LogP contribution in [-0.2, 0) is 0 Å². The van der Waals surface area contributed by atoms with Gasteiger partial charge >= 0.3 is 0 Å². The molecule has 70 heavy (non-hydrogen) atoms. The van der Waals surface area contributed by atoms with E-state index in [-0.39, 0.29) is 5.25 Å². The van der Waals surface area contributed by atoms with Crippen LogP contribution in [0.3, 0.4) is 0 Å². The second-order valence-electron chi connectivity index (χ2n) is 17.8. The molecule has 3 aromatic heterocycles. The van der Waals surface area contributed by atoms with Crippen LogP contribution in [-0.4, -0.2) is 0 Å². The molecule has 0 aliphatic carbocycles. The third-order valence-electron chi connectivity index (χ3n) is 13.6. The molecule has 332 valence electrons. The van der Waals surface area contributed by atoms with E-state index < -0.39 is 0 Å². The van der Waals surface area contributed by atoms with E-state index in [1.807, 2.05) is 45.8 Å². The van der Waals surface area contributed by atoms with E-state index >= 15 is 0 Å². The first-order chi connectivity index (χ1) is 34.7. The number of hydrogen-bond acceptors (Lipinski definition) is 4. The van der Waals surface area contributed by atoms with Crippen molar-refractivity contribution in [3.05, 3.63) is 260 Å². The van der Waals surface area contributed by atoms with Gasteiger partial charge in [0.15, 0.2) is 0 Å². The summed E-state index contributed by atoms with van der Waals surface area (Å²) in [4.78, 5) is 8.97. The monoisotopic (exact) mass is 964 g/mol. The minimum atomic E-state index is 0.271. The van der Waals surface area contributed by atoms with E-state index in [4.69, 9.17) is 0 Å². The zero-order valence-electron chi connectivity index (χ0n) is 38.1. The Morgan fingerprint density at radius 1 is 0.286 bits per heavy atom. The van der Waals surface area contributed by atoms with Crippen LogP contribution in [0.25, 0.3) is 111 Å². The van der Waals surface area contributed by atoms with Crippen molar-refractivity contribution in [1.82, 2.24) is 0 Å². The molecule has 0 N–H and O–H groups in total. The number of thioether (sulfide) groups is 1. The maximum Gasteiger partial charge on any atom is 0.0385 e. The van der Waals surface area contributed by atoms with Crippen LogP contribution < -0.4 is 0 Å². The van der Waals surface area contributed by atoms with Gasteiger partial charge in [-0.25, -0.2) is 0 Å². The smallest absolute Gasteiger partial charge is 0.0385 e. The number of hydrogen-bond donors (Lipinski definition) is 0. The molecule has 1 aliphatic rings. The first-order valence-electron chi connectivity index (χ1n) is 23.8. The molecule has 1 aliphatic heterocycles. The van der Waals surface area contributed by atoms with E-state index in [1.165, 1.54) is 122 Å². The van der Waals surface area contributed by atoms with Crippen molar-refractivity contribution in [3.63, 3.8) is 0 Å². The van der Waals surface area contributed by atoms with Crippen molar-refractivity contribution in [2.75, 3.05) is 0 Å². The van der Waals surface area contributed by atoms with Crippen molar-refractivity contribution in [3.8, 4) is 84.9 Å². The number of benzene rings is 9. The fourth-order valence-electron chi connectivity index (χ4n) is 10.2. The van der Waals surface area contributed by atoms with Crippen LogP contribution in [0.4, 0.5) is 0 Å². The van der Waals surface area contributed by atoms with Gasteiger partial charge in [-0.15, -0.1) is 45.8 Å². The molecule has 13 rings (SSSR count). The summed E-state index contributed by atoms with van der Waals surface area (Å²) in [5.74, 6) is 0. The Kier molecular flexibility index (Phi) is 11.3. The topological polar surface area (TPSA) is 0 Å². The number of fused-ring (bicyclic) bond motifs is 2. The largest absolute Gasteiger partial charge is 0.135 e. The highest BCUT2D eigenvalue weighted by molar-refractivity contribution is 8.08. The van der Waals surface area contributed by atoms with Crippen LogP contribution in [0.5, 0.6) is 0 Å². The Morgan fingerprint density at radius 3 is 1.14 bits per heavy atom. The molecule has 0 amide bonds. The number of allylic oxidation sites excluding steroid dienone is 1. The molecule has 1 unspecified atom stereocenters. The van der Waals surface area contributed by atoms with Crippen molar-refractivity contribution in [1.29, 1.82) is 0 Å². The molecule has 0 bridgehead atoms. The maximum atomic E-state index is 2.51. The van der Waals surface area contributed by atoms with Crippen molar-refractivity contribution < 1.29 is 0 Å². The third kappa shape index (κ3) is 7.97. The van der Waals surface area contributed by atoms with Crippen LogP contribution in [0, 0.1) is 0 Å². The molecule has 4 heteroatoms. The molecule has 12 aromatic rings. The second-order valence-corrected chi connectivity index (χ2v) is 22.3. The van der Waals surface area contributed by atoms with Crippen molar-refractivity contribution >= 4 is 72.2 Å². The van der Waals surface area contributed by atoms with E-state index in [0.717, 1.165) is 6.42 Å². The molecule has 0 fully saturated rings. The van der Waals surface area contributed by atoms with Crippen LogP contribution in [0.1, 0.15) is 22.8 Å². The molecule has 0 spiro atoms. The number of thiophene rings is 3. The predicted molar refractivity (Wildman–Crippen MR) is 308 cm³/mol. The normalized spacial score (nSPS) is 13.5. The summed E-state index contributed by atoms with van der Waals surface area (Å²) in [6, 6.07) is 89.9. The van der Waals surface area contributed by atoms with E-state index in [2.05, 4.69) is 249 Å². The van der Waals surface area contributed by atoms with Gasteiger partial charge in [-0.1, -0.05) is 200 Å². The second kappa shape index (κ2) is 18.5. The highest BCUT2D eigenvalue weighted by atomic mass is 32.2. The summed E-state index contributed by atoms with van der Waals surface area (Å²) in [6.07, 6.45) is 3.43. The van der Waals surface area contributed by atoms with Crippen LogP contribution >= 0.6 is 45.8 Å². The summed E-state index contributed by atoms with van der Waals surface area (Å²) >= 11 is 7.61. The fraction of sp³-hybridized carbons (Fsp3) is 0.0303. The van der Waals surface area contributed by atoms with Gasteiger partial charge in [-0.3, -0.25) is 0 Å². The minimum Gasteiger partial charge on any atom is -0.135 e. The van der Waals surface area contributed by atoms with Gasteiger partial charge in [-0.2, -0.15) is 0 Å². The van der Waals surface area contributed by atoms with E-state index in [1.54, 1.807) is 0 Å². The van der Waals surface area contributed by atoms with Gasteiger partial charge in [0.1, 0.15) is 0 Å². The van der Waals surface area contributed by atoms with Gasteiger partial charge in [0.05, 0.1) is 0 Å². The molecule has 9 aromatic carbocycles. The molecule has 0 saturated heterocycles. The third-order valence-corrected chi connectivity index (χ3v) is 18.5. The first kappa shape index (κ1) is 42.8. The van der Waals surface area contributed by atoms with Crippen LogP contribution in [0.15, 0.2) is 249 Å². The van der Waals surface area contributed by atoms with E-state index in [0.29, 0.717) is 0 Å². The fourth-order valence-corrected chi connectivity index (χ4v) is 14.6. The van der Waals surface area contributed by atoms with E-state index in [9.17, 15) is 0 Å². The standard InChI is InChI=1S/C66H44S4/c1-5-17-43(18-6-1)57-33-35-61(67-57)47-29-31-49(63-39-37-59(69-63)45-21-9-3-10-22-45)55(41-47)65-51-25-13-15-27-53(51)66(54-28-16-14-26-52(54)65)56-42-48(62-36-34-58(68-62)44-19-7-2-8-20-44)30-32-50(56)64-40-38-60(70-64)46-23-11-4-12-24-46/h1-39,41-42,64H,40H2. The summed E-state index contributed by atoms with van der Waals surface area (Å²) in [6.45, 7) is 0. The summed E-state index contributed by atoms with van der Waals surface area (Å²) in [5, 5.41) is 5.31. The highest BCUT2D eigenvalue weighted by Crippen LogP contribution is 2.54. The Morgan fingerprint density at radius 2 is 0.657 bits per heavy atom. The predicted octanol–water partition coefficient (Wildman–Crippen LogP) is 20.7. The molecule has 0 nitrogen and oxygen atoms in total. The van der Waals surface area contributed by atoms with Crippen LogP contribution in [0.2, 0.25) is 0 Å². The lowest BCUT2D eigenvalue weighted by Gasteiger charge is -2.23. The lowest BCUT2D eigenvalue weighted by atomic mass is 9.82. The quantitative estimate of drug-likeness (QED) is 0.123. The zero-order chi connectivity index (χ0) is 46.4. The minimum absolute atomic E-state index is 0.271. The molecular weight excluding hydrogens is 921 g/mol. The van der Waals surface area contributed by atoms with Gasteiger partial charge in [0, 0.05) is 39.4 Å². The average molecular weight is 965 g/mol. The highest BCUT2D eigenvalue weighted by Gasteiger charge is 2.27. The Bertz CT molecular complexity index is 3820. The molecule has 4 heterocycles. The summed E-state index contributed by atoms with van der Waals surface area (Å²) in [5.41, 5.74) is 15.2. The van der Waals surface area contributed by atoms with Crippen molar-refractivity contribution in [2.24, 2.45) is 0 Å². The first-order valence-corrected chi connectivity index (χ1v) is 27.1. The Balaban J connectivity index is 1.03. The molecular formula is C66H44S4. The molecule has 1 atom stereocenters. The lowest BCUT2D eigenvalue weighted by Crippen LogP contribution is -1.98. The van der Waals surface area contributed by atoms with Gasteiger partial charge in [0.25, 0.3) is 0 Å². The zero-order valence-corrected chi connectivity index (χ0v) is 41.4. The van der Waals surface area contributed by atoms with Crippen molar-refractivity contribution in [2.45, 2.75) is 11.7 Å². The number of rotatable bonds is 10. The lowest BCUT2D eigenvalue weighted by molar-refractivity contribution is 0.994. The Labute approximate surface area is 425 Å². The Hall–Kier alpha value is -7.31. The average Bonchev–Trinajstić information content (AvgIpc) is 4.30. The SMILES string of the molecule is C1=C(c2ccccc2)SC(c2ccc(-c3ccc(-c4ccccc4)s3)cc2-c2c3ccccc3c(-c3cc(-c4ccc(-c5ccccc5)s4)ccc3-c3ccc(-c4ccccc4)s3)c3ccccc23)C1. The van der Waals surface area contributed by atoms with Gasteiger partial charge < -0.3 is 0 Å². The molecule has 0 saturated carbocycles. The molecule has 0 radical (unpaired) electrons. The van der Waals surface area contributed by atoms with Gasteiger partial charge in [-0.05, 0) is 143 Å². The maximum absolute atomic E-state index is 2.51. The summed E-state index contributed by atoms with van der Waals surface area (Å²) in [7, 11) is 0. The summed E-state index contributed by atoms with van der Waals surface area (Å²) < 4.78 is 0.